The van der Waals surface area contributed by atoms with E-state index in [0.29, 0.717) is 17.6 Å². The number of nitrogens with one attached hydrogen (secondary N) is 1. The lowest BCUT2D eigenvalue weighted by Gasteiger charge is -2.39. The average Bonchev–Trinajstić information content (AvgIpc) is 3.10. The Morgan fingerprint density at radius 1 is 1.00 bits per heavy atom. The summed E-state index contributed by atoms with van der Waals surface area (Å²) in [5, 5.41) is 16.9. The van der Waals surface area contributed by atoms with Crippen molar-refractivity contribution >= 4 is 16.5 Å². The molecule has 130 valence electrons. The molecule has 0 aromatic heterocycles. The fourth-order valence-corrected chi connectivity index (χ4v) is 5.04. The Morgan fingerprint density at radius 3 is 2.73 bits per heavy atom. The van der Waals surface area contributed by atoms with Gasteiger partial charge in [-0.05, 0) is 65.8 Å². The van der Waals surface area contributed by atoms with Gasteiger partial charge in [0.15, 0.2) is 0 Å². The Balaban J connectivity index is 1.73. The van der Waals surface area contributed by atoms with E-state index in [2.05, 4.69) is 67.7 Å². The van der Waals surface area contributed by atoms with Crippen LogP contribution in [-0.2, 0) is 0 Å². The first kappa shape index (κ1) is 15.5. The number of anilines is 1. The predicted molar refractivity (Wildman–Crippen MR) is 108 cm³/mol. The molecule has 0 saturated heterocycles. The van der Waals surface area contributed by atoms with E-state index in [-0.39, 0.29) is 6.04 Å². The van der Waals surface area contributed by atoms with Gasteiger partial charge in [0.2, 0.25) is 0 Å². The van der Waals surface area contributed by atoms with E-state index in [9.17, 15) is 5.11 Å². The standard InChI is InChI=1S/C24H23NO/c1-14-12-15(2)22-18-8-5-9-19(18)24(25-20(22)13-14)23-17-7-4-3-6-16(17)10-11-21(23)26/h3-8,10-13,18-19,24-26H,9H2,1-2H3. The van der Waals surface area contributed by atoms with Gasteiger partial charge in [0.05, 0.1) is 6.04 Å². The van der Waals surface area contributed by atoms with Crippen molar-refractivity contribution in [2.45, 2.75) is 32.2 Å². The fourth-order valence-electron chi connectivity index (χ4n) is 5.04. The molecule has 2 aliphatic rings. The van der Waals surface area contributed by atoms with Crippen molar-refractivity contribution in [1.29, 1.82) is 0 Å². The van der Waals surface area contributed by atoms with E-state index >= 15 is 0 Å². The molecule has 0 radical (unpaired) electrons. The highest BCUT2D eigenvalue weighted by atomic mass is 16.3. The molecular formula is C24H23NO. The highest BCUT2D eigenvalue weighted by molar-refractivity contribution is 5.89. The molecule has 0 bridgehead atoms. The molecule has 0 saturated carbocycles. The minimum atomic E-state index is 0.106. The van der Waals surface area contributed by atoms with Crippen molar-refractivity contribution in [1.82, 2.24) is 0 Å². The zero-order valence-corrected chi connectivity index (χ0v) is 15.2. The number of aromatic hydroxyl groups is 1. The average molecular weight is 341 g/mol. The van der Waals surface area contributed by atoms with Gasteiger partial charge in [-0.1, -0.05) is 48.6 Å². The molecule has 1 aliphatic carbocycles. The summed E-state index contributed by atoms with van der Waals surface area (Å²) in [5.74, 6) is 1.23. The first-order valence-electron chi connectivity index (χ1n) is 9.38. The second-order valence-electron chi connectivity index (χ2n) is 7.74. The van der Waals surface area contributed by atoms with Crippen LogP contribution >= 0.6 is 0 Å². The maximum atomic E-state index is 10.8. The highest BCUT2D eigenvalue weighted by Gasteiger charge is 2.40. The Morgan fingerprint density at radius 2 is 1.85 bits per heavy atom. The number of fused-ring (bicyclic) bond motifs is 4. The molecule has 2 N–H and O–H groups in total. The SMILES string of the molecule is Cc1cc(C)c2c(c1)NC(c1c(O)ccc3ccccc13)C1CC=CC21. The molecule has 26 heavy (non-hydrogen) atoms. The quantitative estimate of drug-likeness (QED) is 0.533. The minimum absolute atomic E-state index is 0.106. The van der Waals surface area contributed by atoms with Crippen molar-refractivity contribution in [3.05, 3.63) is 82.9 Å². The third kappa shape index (κ3) is 2.18. The first-order valence-corrected chi connectivity index (χ1v) is 9.38. The zero-order valence-electron chi connectivity index (χ0n) is 15.2. The van der Waals surface area contributed by atoms with Crippen LogP contribution in [0.2, 0.25) is 0 Å². The van der Waals surface area contributed by atoms with E-state index < -0.39 is 0 Å². The number of hydrogen-bond acceptors (Lipinski definition) is 2. The summed E-state index contributed by atoms with van der Waals surface area (Å²) in [6.45, 7) is 4.36. The maximum Gasteiger partial charge on any atom is 0.121 e. The van der Waals surface area contributed by atoms with Gasteiger partial charge in [-0.25, -0.2) is 0 Å². The Hall–Kier alpha value is -2.74. The molecule has 0 fully saturated rings. The summed E-state index contributed by atoms with van der Waals surface area (Å²) in [6, 6.07) is 16.8. The summed E-state index contributed by atoms with van der Waals surface area (Å²) in [7, 11) is 0. The van der Waals surface area contributed by atoms with Crippen LogP contribution in [0.5, 0.6) is 5.75 Å². The largest absolute Gasteiger partial charge is 0.508 e. The molecular weight excluding hydrogens is 318 g/mol. The fraction of sp³-hybridized carbons (Fsp3) is 0.250. The topological polar surface area (TPSA) is 32.3 Å². The van der Waals surface area contributed by atoms with Crippen molar-refractivity contribution in [2.75, 3.05) is 5.32 Å². The van der Waals surface area contributed by atoms with E-state index in [1.54, 1.807) is 0 Å². The second kappa shape index (κ2) is 5.63. The number of allylic oxidation sites excluding steroid dienone is 2. The molecule has 2 nitrogen and oxygen atoms in total. The molecule has 2 heteroatoms. The molecule has 5 rings (SSSR count). The first-order chi connectivity index (χ1) is 12.6. The molecule has 3 aromatic rings. The van der Waals surface area contributed by atoms with Gasteiger partial charge in [-0.15, -0.1) is 0 Å². The predicted octanol–water partition coefficient (Wildman–Crippen LogP) is 5.99. The molecule has 3 atom stereocenters. The molecule has 3 unspecified atom stereocenters. The van der Waals surface area contributed by atoms with Crippen LogP contribution in [-0.4, -0.2) is 5.11 Å². The lowest BCUT2D eigenvalue weighted by atomic mass is 9.74. The zero-order chi connectivity index (χ0) is 17.8. The summed E-state index contributed by atoms with van der Waals surface area (Å²) < 4.78 is 0. The lowest BCUT2D eigenvalue weighted by molar-refractivity contribution is 0.404. The van der Waals surface area contributed by atoms with E-state index in [4.69, 9.17) is 0 Å². The lowest BCUT2D eigenvalue weighted by Crippen LogP contribution is -2.30. The summed E-state index contributed by atoms with van der Waals surface area (Å²) >= 11 is 0. The summed E-state index contributed by atoms with van der Waals surface area (Å²) in [4.78, 5) is 0. The molecule has 1 heterocycles. The smallest absolute Gasteiger partial charge is 0.121 e. The van der Waals surface area contributed by atoms with Crippen LogP contribution in [0.4, 0.5) is 5.69 Å². The Labute approximate surface area is 154 Å². The number of aryl methyl sites for hydroxylation is 2. The highest BCUT2D eigenvalue weighted by Crippen LogP contribution is 2.53. The maximum absolute atomic E-state index is 10.8. The van der Waals surface area contributed by atoms with Crippen LogP contribution in [0.25, 0.3) is 10.8 Å². The van der Waals surface area contributed by atoms with Crippen LogP contribution in [0.15, 0.2) is 60.7 Å². The normalized spacial score (nSPS) is 23.5. The molecule has 0 amide bonds. The van der Waals surface area contributed by atoms with Gasteiger partial charge in [0, 0.05) is 17.2 Å². The Kier molecular flexibility index (Phi) is 3.36. The molecule has 3 aromatic carbocycles. The molecule has 0 spiro atoms. The minimum Gasteiger partial charge on any atom is -0.508 e. The number of phenolic OH excluding ortho intramolecular Hbond substituents is 1. The van der Waals surface area contributed by atoms with Gasteiger partial charge < -0.3 is 10.4 Å². The third-order valence-electron chi connectivity index (χ3n) is 6.08. The van der Waals surface area contributed by atoms with Gasteiger partial charge in [0.25, 0.3) is 0 Å². The monoisotopic (exact) mass is 341 g/mol. The van der Waals surface area contributed by atoms with Crippen molar-refractivity contribution in [2.24, 2.45) is 5.92 Å². The van der Waals surface area contributed by atoms with Crippen LogP contribution in [0.1, 0.15) is 40.6 Å². The van der Waals surface area contributed by atoms with Crippen LogP contribution in [0, 0.1) is 19.8 Å². The molecule has 1 aliphatic heterocycles. The summed E-state index contributed by atoms with van der Waals surface area (Å²) in [6.07, 6.45) is 5.71. The number of benzene rings is 3. The number of rotatable bonds is 1. The van der Waals surface area contributed by atoms with Crippen molar-refractivity contribution in [3.63, 3.8) is 0 Å². The van der Waals surface area contributed by atoms with Crippen LogP contribution in [0.3, 0.4) is 0 Å². The van der Waals surface area contributed by atoms with Gasteiger partial charge in [-0.3, -0.25) is 0 Å². The Bertz CT molecular complexity index is 1050. The van der Waals surface area contributed by atoms with Gasteiger partial charge in [-0.2, -0.15) is 0 Å². The summed E-state index contributed by atoms with van der Waals surface area (Å²) in [5.41, 5.74) is 6.30. The van der Waals surface area contributed by atoms with Crippen molar-refractivity contribution < 1.29 is 5.11 Å². The second-order valence-corrected chi connectivity index (χ2v) is 7.74. The number of hydrogen-bond donors (Lipinski definition) is 2. The van der Waals surface area contributed by atoms with E-state index in [1.165, 1.54) is 27.8 Å². The van der Waals surface area contributed by atoms with Gasteiger partial charge in [0.1, 0.15) is 5.75 Å². The van der Waals surface area contributed by atoms with Gasteiger partial charge >= 0.3 is 0 Å². The van der Waals surface area contributed by atoms with E-state index in [0.717, 1.165) is 17.4 Å². The third-order valence-corrected chi connectivity index (χ3v) is 6.08. The number of phenols is 1. The van der Waals surface area contributed by atoms with E-state index in [1.807, 2.05) is 12.1 Å². The van der Waals surface area contributed by atoms with Crippen molar-refractivity contribution in [3.8, 4) is 5.75 Å². The van der Waals surface area contributed by atoms with Crippen LogP contribution < -0.4 is 5.32 Å².